The van der Waals surface area contributed by atoms with Crippen molar-refractivity contribution in [1.82, 2.24) is 9.80 Å². The number of anilines is 1. The van der Waals surface area contributed by atoms with Gasteiger partial charge in [-0.2, -0.15) is 0 Å². The number of nitrogens with one attached hydrogen (secondary N) is 1. The van der Waals surface area contributed by atoms with E-state index in [9.17, 15) is 13.2 Å². The number of likely N-dealkylation sites (tertiary alicyclic amines) is 2. The summed E-state index contributed by atoms with van der Waals surface area (Å²) in [5.41, 5.74) is 2.64. The van der Waals surface area contributed by atoms with Gasteiger partial charge < -0.3 is 9.80 Å². The van der Waals surface area contributed by atoms with E-state index >= 15 is 0 Å². The first-order chi connectivity index (χ1) is 16.2. The van der Waals surface area contributed by atoms with Crippen LogP contribution in [-0.4, -0.2) is 56.8 Å². The lowest BCUT2D eigenvalue weighted by atomic mass is 9.94. The summed E-state index contributed by atoms with van der Waals surface area (Å²) in [7, 11) is -3.70. The van der Waals surface area contributed by atoms with E-state index in [1.165, 1.54) is 32.4 Å². The maximum Gasteiger partial charge on any atom is 0.262 e. The molecule has 2 aromatic rings. The first kappa shape index (κ1) is 24.7. The molecule has 2 fully saturated rings. The summed E-state index contributed by atoms with van der Waals surface area (Å²) >= 11 is 0. The van der Waals surface area contributed by atoms with Crippen LogP contribution in [0.15, 0.2) is 47.4 Å². The number of rotatable bonds is 6. The van der Waals surface area contributed by atoms with Gasteiger partial charge in [0.25, 0.3) is 15.9 Å². The molecular weight excluding hydrogens is 446 g/mol. The highest BCUT2D eigenvalue weighted by atomic mass is 32.2. The molecule has 0 spiro atoms. The maximum absolute atomic E-state index is 13.2. The van der Waals surface area contributed by atoms with E-state index in [-0.39, 0.29) is 10.8 Å². The minimum absolute atomic E-state index is 0.0286. The van der Waals surface area contributed by atoms with E-state index < -0.39 is 10.0 Å². The van der Waals surface area contributed by atoms with Crippen molar-refractivity contribution in [2.45, 2.75) is 51.3 Å². The molecule has 184 valence electrons. The quantitative estimate of drug-likeness (QED) is 0.647. The number of carbonyl (C=O) groups is 1. The Hall–Kier alpha value is -2.38. The summed E-state index contributed by atoms with van der Waals surface area (Å²) in [4.78, 5) is 18.0. The average molecular weight is 484 g/mol. The zero-order valence-electron chi connectivity index (χ0n) is 20.6. The Morgan fingerprint density at radius 2 is 1.71 bits per heavy atom. The van der Waals surface area contributed by atoms with Crippen molar-refractivity contribution in [2.24, 2.45) is 11.8 Å². The minimum atomic E-state index is -3.70. The Bertz CT molecular complexity index is 1110. The molecule has 1 N–H and O–H groups in total. The lowest BCUT2D eigenvalue weighted by Gasteiger charge is -2.38. The topological polar surface area (TPSA) is 69.7 Å². The molecule has 0 saturated carbocycles. The van der Waals surface area contributed by atoms with Gasteiger partial charge in [0.15, 0.2) is 0 Å². The summed E-state index contributed by atoms with van der Waals surface area (Å²) in [6.45, 7) is 11.0. The molecule has 0 aliphatic carbocycles. The van der Waals surface area contributed by atoms with Gasteiger partial charge in [0.1, 0.15) is 0 Å². The third-order valence-electron chi connectivity index (χ3n) is 7.22. The Kier molecular flexibility index (Phi) is 7.63. The Morgan fingerprint density at radius 1 is 1.00 bits per heavy atom. The molecule has 2 aliphatic heterocycles. The SMILES string of the molecule is Cc1ccc(C)c(S(=O)(=O)Nc2ccc(C(=O)N3CCCC(CN4CCC(C)CC4)C3)cc2)c1. The number of hydrogen-bond donors (Lipinski definition) is 1. The zero-order chi connectivity index (χ0) is 24.3. The molecule has 1 unspecified atom stereocenters. The predicted octanol–water partition coefficient (Wildman–Crippen LogP) is 4.69. The Balaban J connectivity index is 1.37. The highest BCUT2D eigenvalue weighted by Crippen LogP contribution is 2.24. The van der Waals surface area contributed by atoms with Crippen molar-refractivity contribution in [2.75, 3.05) is 37.4 Å². The summed E-state index contributed by atoms with van der Waals surface area (Å²) in [5.74, 6) is 1.38. The number of hydrogen-bond acceptors (Lipinski definition) is 4. The van der Waals surface area contributed by atoms with Gasteiger partial charge in [-0.1, -0.05) is 19.1 Å². The van der Waals surface area contributed by atoms with Gasteiger partial charge >= 0.3 is 0 Å². The summed E-state index contributed by atoms with van der Waals surface area (Å²) in [5, 5.41) is 0. The lowest BCUT2D eigenvalue weighted by Crippen LogP contribution is -2.45. The van der Waals surface area contributed by atoms with Gasteiger partial charge in [0, 0.05) is 30.9 Å². The highest BCUT2D eigenvalue weighted by molar-refractivity contribution is 7.92. The molecule has 1 amide bonds. The summed E-state index contributed by atoms with van der Waals surface area (Å²) in [6, 6.07) is 12.2. The third-order valence-corrected chi connectivity index (χ3v) is 8.74. The third kappa shape index (κ3) is 5.99. The standard InChI is InChI=1S/C27H37N3O3S/c1-20-12-15-29(16-13-20)18-23-5-4-14-30(19-23)27(31)24-8-10-25(11-9-24)28-34(32,33)26-17-21(2)6-7-22(26)3/h6-11,17,20,23,28H,4-5,12-16,18-19H2,1-3H3. The largest absolute Gasteiger partial charge is 0.338 e. The van der Waals surface area contributed by atoms with E-state index in [0.717, 1.165) is 37.5 Å². The number of carbonyl (C=O) groups excluding carboxylic acids is 1. The first-order valence-electron chi connectivity index (χ1n) is 12.4. The molecule has 0 bridgehead atoms. The molecule has 4 rings (SSSR count). The van der Waals surface area contributed by atoms with Crippen LogP contribution in [0.5, 0.6) is 0 Å². The molecule has 34 heavy (non-hydrogen) atoms. The van der Waals surface area contributed by atoms with Crippen molar-refractivity contribution >= 4 is 21.6 Å². The van der Waals surface area contributed by atoms with Gasteiger partial charge in [0.05, 0.1) is 4.90 Å². The monoisotopic (exact) mass is 483 g/mol. The van der Waals surface area contributed by atoms with Crippen molar-refractivity contribution < 1.29 is 13.2 Å². The van der Waals surface area contributed by atoms with Crippen LogP contribution in [0.25, 0.3) is 0 Å². The lowest BCUT2D eigenvalue weighted by molar-refractivity contribution is 0.0622. The number of nitrogens with zero attached hydrogens (tertiary/aromatic N) is 2. The maximum atomic E-state index is 13.2. The second-order valence-electron chi connectivity index (χ2n) is 10.2. The molecular formula is C27H37N3O3S. The average Bonchev–Trinajstić information content (AvgIpc) is 2.82. The fraction of sp³-hybridized carbons (Fsp3) is 0.519. The van der Waals surface area contributed by atoms with E-state index in [2.05, 4.69) is 16.5 Å². The van der Waals surface area contributed by atoms with Gasteiger partial charge in [-0.15, -0.1) is 0 Å². The van der Waals surface area contributed by atoms with Crippen LogP contribution >= 0.6 is 0 Å². The van der Waals surface area contributed by atoms with Crippen LogP contribution in [0.4, 0.5) is 5.69 Å². The van der Waals surface area contributed by atoms with Gasteiger partial charge in [0.2, 0.25) is 0 Å². The fourth-order valence-corrected chi connectivity index (χ4v) is 6.47. The number of piperidine rings is 2. The minimum Gasteiger partial charge on any atom is -0.338 e. The number of sulfonamides is 1. The van der Waals surface area contributed by atoms with E-state index in [1.807, 2.05) is 24.0 Å². The molecule has 1 atom stereocenters. The van der Waals surface area contributed by atoms with Gasteiger partial charge in [-0.05, 0) is 106 Å². The molecule has 0 aromatic heterocycles. The molecule has 2 heterocycles. The molecule has 2 saturated heterocycles. The van der Waals surface area contributed by atoms with Crippen LogP contribution < -0.4 is 4.72 Å². The van der Waals surface area contributed by atoms with E-state index in [4.69, 9.17) is 0 Å². The second kappa shape index (κ2) is 10.5. The summed E-state index contributed by atoms with van der Waals surface area (Å²) in [6.07, 6.45) is 4.76. The Morgan fingerprint density at radius 3 is 2.41 bits per heavy atom. The Labute approximate surface area is 204 Å². The zero-order valence-corrected chi connectivity index (χ0v) is 21.4. The molecule has 0 radical (unpaired) electrons. The van der Waals surface area contributed by atoms with Gasteiger partial charge in [-0.3, -0.25) is 9.52 Å². The predicted molar refractivity (Wildman–Crippen MR) is 137 cm³/mol. The van der Waals surface area contributed by atoms with E-state index in [0.29, 0.717) is 22.7 Å². The summed E-state index contributed by atoms with van der Waals surface area (Å²) < 4.78 is 28.4. The van der Waals surface area contributed by atoms with Crippen LogP contribution in [0, 0.1) is 25.7 Å². The number of aryl methyl sites for hydroxylation is 2. The molecule has 2 aromatic carbocycles. The first-order valence-corrected chi connectivity index (χ1v) is 13.9. The highest BCUT2D eigenvalue weighted by Gasteiger charge is 2.27. The second-order valence-corrected chi connectivity index (χ2v) is 11.8. The number of benzene rings is 2. The molecule has 7 heteroatoms. The van der Waals surface area contributed by atoms with Crippen LogP contribution in [0.1, 0.15) is 54.1 Å². The van der Waals surface area contributed by atoms with Crippen LogP contribution in [0.2, 0.25) is 0 Å². The van der Waals surface area contributed by atoms with Crippen molar-refractivity contribution in [3.05, 3.63) is 59.2 Å². The molecule has 2 aliphatic rings. The van der Waals surface area contributed by atoms with Crippen molar-refractivity contribution in [3.63, 3.8) is 0 Å². The normalized spacial score (nSPS) is 20.3. The van der Waals surface area contributed by atoms with E-state index in [1.54, 1.807) is 37.3 Å². The smallest absolute Gasteiger partial charge is 0.262 e. The molecule has 6 nitrogen and oxygen atoms in total. The van der Waals surface area contributed by atoms with Crippen LogP contribution in [-0.2, 0) is 10.0 Å². The van der Waals surface area contributed by atoms with Gasteiger partial charge in [-0.25, -0.2) is 8.42 Å². The van der Waals surface area contributed by atoms with Crippen molar-refractivity contribution in [1.29, 1.82) is 0 Å². The fourth-order valence-electron chi connectivity index (χ4n) is 5.08. The van der Waals surface area contributed by atoms with Crippen LogP contribution in [0.3, 0.4) is 0 Å². The van der Waals surface area contributed by atoms with Crippen molar-refractivity contribution in [3.8, 4) is 0 Å². The number of amides is 1.